The van der Waals surface area contributed by atoms with Crippen molar-refractivity contribution >= 4 is 0 Å². The predicted octanol–water partition coefficient (Wildman–Crippen LogP) is 2.90. The number of rotatable bonds is 4. The molecule has 4 nitrogen and oxygen atoms in total. The SMILES string of the molecule is CCCCn1nnc(C#N)c1-c1ccc(F)c(F)c1. The minimum Gasteiger partial charge on any atom is -0.243 e. The normalized spacial score (nSPS) is 10.4. The summed E-state index contributed by atoms with van der Waals surface area (Å²) >= 11 is 0. The van der Waals surface area contributed by atoms with Crippen LogP contribution in [0.4, 0.5) is 8.78 Å². The zero-order valence-electron chi connectivity index (χ0n) is 10.4. The Morgan fingerprint density at radius 2 is 2.11 bits per heavy atom. The second-order valence-corrected chi connectivity index (χ2v) is 4.10. The molecule has 1 heterocycles. The van der Waals surface area contributed by atoms with Crippen molar-refractivity contribution in [3.8, 4) is 17.3 Å². The highest BCUT2D eigenvalue weighted by molar-refractivity contribution is 5.64. The number of unbranched alkanes of at least 4 members (excludes halogenated alkanes) is 1. The van der Waals surface area contributed by atoms with Gasteiger partial charge in [-0.05, 0) is 24.6 Å². The summed E-state index contributed by atoms with van der Waals surface area (Å²) in [5.74, 6) is -1.88. The van der Waals surface area contributed by atoms with E-state index in [0.29, 0.717) is 17.8 Å². The Labute approximate surface area is 109 Å². The van der Waals surface area contributed by atoms with E-state index in [0.717, 1.165) is 25.0 Å². The monoisotopic (exact) mass is 262 g/mol. The van der Waals surface area contributed by atoms with Crippen molar-refractivity contribution in [2.45, 2.75) is 26.3 Å². The van der Waals surface area contributed by atoms with Crippen LogP contribution in [0.5, 0.6) is 0 Å². The van der Waals surface area contributed by atoms with Crippen LogP contribution in [0.1, 0.15) is 25.5 Å². The van der Waals surface area contributed by atoms with Crippen molar-refractivity contribution in [1.82, 2.24) is 15.0 Å². The summed E-state index contributed by atoms with van der Waals surface area (Å²) in [7, 11) is 0. The Balaban J connectivity index is 2.49. The molecule has 2 aromatic rings. The lowest BCUT2D eigenvalue weighted by molar-refractivity contribution is 0.508. The molecule has 0 aliphatic carbocycles. The smallest absolute Gasteiger partial charge is 0.190 e. The largest absolute Gasteiger partial charge is 0.243 e. The number of hydrogen-bond acceptors (Lipinski definition) is 3. The molecule has 98 valence electrons. The van der Waals surface area contributed by atoms with E-state index in [2.05, 4.69) is 10.3 Å². The van der Waals surface area contributed by atoms with Gasteiger partial charge < -0.3 is 0 Å². The van der Waals surface area contributed by atoms with E-state index in [1.165, 1.54) is 6.07 Å². The van der Waals surface area contributed by atoms with Crippen molar-refractivity contribution in [3.63, 3.8) is 0 Å². The Bertz CT molecular complexity index is 628. The topological polar surface area (TPSA) is 54.5 Å². The average Bonchev–Trinajstić information content (AvgIpc) is 2.82. The number of hydrogen-bond donors (Lipinski definition) is 0. The summed E-state index contributed by atoms with van der Waals surface area (Å²) in [6, 6.07) is 5.41. The van der Waals surface area contributed by atoms with Gasteiger partial charge in [-0.1, -0.05) is 18.6 Å². The number of aryl methyl sites for hydroxylation is 1. The van der Waals surface area contributed by atoms with Crippen molar-refractivity contribution in [2.75, 3.05) is 0 Å². The van der Waals surface area contributed by atoms with Gasteiger partial charge in [-0.3, -0.25) is 0 Å². The molecule has 2 rings (SSSR count). The first kappa shape index (κ1) is 13.1. The van der Waals surface area contributed by atoms with E-state index in [-0.39, 0.29) is 5.69 Å². The van der Waals surface area contributed by atoms with Crippen LogP contribution in [0, 0.1) is 23.0 Å². The molecule has 0 saturated carbocycles. The molecule has 19 heavy (non-hydrogen) atoms. The Kier molecular flexibility index (Phi) is 3.85. The molecule has 6 heteroatoms. The highest BCUT2D eigenvalue weighted by Gasteiger charge is 2.16. The van der Waals surface area contributed by atoms with Gasteiger partial charge in [-0.15, -0.1) is 5.10 Å². The fraction of sp³-hybridized carbons (Fsp3) is 0.308. The van der Waals surface area contributed by atoms with Crippen LogP contribution in [0.25, 0.3) is 11.3 Å². The standard InChI is InChI=1S/C13H12F2N4/c1-2-3-6-19-13(12(8-16)17-18-19)9-4-5-10(14)11(15)7-9/h4-5,7H,2-3,6H2,1H3. The fourth-order valence-corrected chi connectivity index (χ4v) is 1.78. The molecule has 0 bridgehead atoms. The molecule has 0 saturated heterocycles. The Morgan fingerprint density at radius 1 is 1.32 bits per heavy atom. The number of nitrogens with zero attached hydrogens (tertiary/aromatic N) is 4. The molecule has 0 atom stereocenters. The lowest BCUT2D eigenvalue weighted by Crippen LogP contribution is -2.03. The van der Waals surface area contributed by atoms with Gasteiger partial charge in [0.1, 0.15) is 11.8 Å². The Morgan fingerprint density at radius 3 is 2.74 bits per heavy atom. The van der Waals surface area contributed by atoms with Crippen LogP contribution >= 0.6 is 0 Å². The van der Waals surface area contributed by atoms with Crippen LogP contribution in [0.15, 0.2) is 18.2 Å². The molecule has 0 fully saturated rings. The third kappa shape index (κ3) is 2.60. The number of nitriles is 1. The van der Waals surface area contributed by atoms with Crippen molar-refractivity contribution in [2.24, 2.45) is 0 Å². The lowest BCUT2D eigenvalue weighted by Gasteiger charge is -2.06. The third-order valence-corrected chi connectivity index (χ3v) is 2.76. The van der Waals surface area contributed by atoms with Gasteiger partial charge in [0.05, 0.1) is 0 Å². The van der Waals surface area contributed by atoms with E-state index in [4.69, 9.17) is 5.26 Å². The molecule has 0 radical (unpaired) electrons. The zero-order valence-corrected chi connectivity index (χ0v) is 10.4. The minimum atomic E-state index is -0.954. The second kappa shape index (κ2) is 5.57. The molecule has 0 N–H and O–H groups in total. The third-order valence-electron chi connectivity index (χ3n) is 2.76. The maximum Gasteiger partial charge on any atom is 0.190 e. The molecular weight excluding hydrogens is 250 g/mol. The van der Waals surface area contributed by atoms with Crippen LogP contribution < -0.4 is 0 Å². The highest BCUT2D eigenvalue weighted by atomic mass is 19.2. The van der Waals surface area contributed by atoms with Gasteiger partial charge in [-0.25, -0.2) is 13.5 Å². The van der Waals surface area contributed by atoms with Gasteiger partial charge >= 0.3 is 0 Å². The van der Waals surface area contributed by atoms with Gasteiger partial charge in [0.15, 0.2) is 17.3 Å². The summed E-state index contributed by atoms with van der Waals surface area (Å²) in [4.78, 5) is 0. The molecule has 0 spiro atoms. The van der Waals surface area contributed by atoms with Crippen LogP contribution in [-0.2, 0) is 6.54 Å². The first-order chi connectivity index (χ1) is 9.17. The lowest BCUT2D eigenvalue weighted by atomic mass is 10.1. The predicted molar refractivity (Wildman–Crippen MR) is 65.0 cm³/mol. The maximum atomic E-state index is 13.3. The summed E-state index contributed by atoms with van der Waals surface area (Å²) in [5, 5.41) is 16.6. The summed E-state index contributed by atoms with van der Waals surface area (Å²) in [6.07, 6.45) is 1.82. The summed E-state index contributed by atoms with van der Waals surface area (Å²) in [5.41, 5.74) is 0.938. The summed E-state index contributed by atoms with van der Waals surface area (Å²) in [6.45, 7) is 2.61. The Hall–Kier alpha value is -2.29. The van der Waals surface area contributed by atoms with Gasteiger partial charge in [0, 0.05) is 12.1 Å². The minimum absolute atomic E-state index is 0.113. The zero-order chi connectivity index (χ0) is 13.8. The molecule has 0 aliphatic heterocycles. The number of aromatic nitrogens is 3. The molecule has 1 aromatic heterocycles. The van der Waals surface area contributed by atoms with Crippen LogP contribution in [0.3, 0.4) is 0 Å². The molecule has 1 aromatic carbocycles. The van der Waals surface area contributed by atoms with Gasteiger partial charge in [0.2, 0.25) is 0 Å². The van der Waals surface area contributed by atoms with E-state index >= 15 is 0 Å². The van der Waals surface area contributed by atoms with Gasteiger partial charge in [0.25, 0.3) is 0 Å². The van der Waals surface area contributed by atoms with E-state index in [9.17, 15) is 8.78 Å². The number of halogens is 2. The van der Waals surface area contributed by atoms with E-state index < -0.39 is 11.6 Å². The molecule has 0 unspecified atom stereocenters. The average molecular weight is 262 g/mol. The van der Waals surface area contributed by atoms with E-state index in [1.807, 2.05) is 13.0 Å². The van der Waals surface area contributed by atoms with Crippen molar-refractivity contribution in [1.29, 1.82) is 5.26 Å². The van der Waals surface area contributed by atoms with Crippen LogP contribution in [-0.4, -0.2) is 15.0 Å². The molecule has 0 aliphatic rings. The maximum absolute atomic E-state index is 13.3. The van der Waals surface area contributed by atoms with Gasteiger partial charge in [-0.2, -0.15) is 5.26 Å². The van der Waals surface area contributed by atoms with Crippen molar-refractivity contribution in [3.05, 3.63) is 35.5 Å². The van der Waals surface area contributed by atoms with Crippen LogP contribution in [0.2, 0.25) is 0 Å². The molecular formula is C13H12F2N4. The molecule has 0 amide bonds. The van der Waals surface area contributed by atoms with Crippen molar-refractivity contribution < 1.29 is 8.78 Å². The highest BCUT2D eigenvalue weighted by Crippen LogP contribution is 2.24. The first-order valence-corrected chi connectivity index (χ1v) is 5.96. The quantitative estimate of drug-likeness (QED) is 0.851. The first-order valence-electron chi connectivity index (χ1n) is 5.96. The number of benzene rings is 1. The fourth-order valence-electron chi connectivity index (χ4n) is 1.78. The second-order valence-electron chi connectivity index (χ2n) is 4.10. The van der Waals surface area contributed by atoms with E-state index in [1.54, 1.807) is 4.68 Å². The summed E-state index contributed by atoms with van der Waals surface area (Å²) < 4.78 is 27.8.